The Labute approximate surface area is 118 Å². The molecule has 0 radical (unpaired) electrons. The van der Waals surface area contributed by atoms with Gasteiger partial charge >= 0.3 is 0 Å². The van der Waals surface area contributed by atoms with Crippen molar-refractivity contribution in [3.05, 3.63) is 17.6 Å². The Morgan fingerprint density at radius 3 is 2.83 bits per heavy atom. The lowest BCUT2D eigenvalue weighted by Gasteiger charge is -2.21. The molecule has 1 N–H and O–H groups in total. The first kappa shape index (κ1) is 14.0. The number of nitrogens with one attached hydrogen (secondary N) is 1. The minimum absolute atomic E-state index is 0.449. The van der Waals surface area contributed by atoms with Crippen molar-refractivity contribution in [3.8, 4) is 0 Å². The van der Waals surface area contributed by atoms with Gasteiger partial charge in [-0.25, -0.2) is 9.97 Å². The summed E-state index contributed by atoms with van der Waals surface area (Å²) in [5.41, 5.74) is 1.15. The Balaban J connectivity index is 2.26. The van der Waals surface area contributed by atoms with Gasteiger partial charge in [-0.1, -0.05) is 13.8 Å². The van der Waals surface area contributed by atoms with E-state index in [-0.39, 0.29) is 0 Å². The lowest BCUT2D eigenvalue weighted by Crippen LogP contribution is -2.13. The maximum Gasteiger partial charge on any atom is 0.144 e. The second-order valence-electron chi connectivity index (χ2n) is 4.66. The van der Waals surface area contributed by atoms with Crippen molar-refractivity contribution < 1.29 is 0 Å². The summed E-state index contributed by atoms with van der Waals surface area (Å²) < 4.78 is 0. The van der Waals surface area contributed by atoms with E-state index in [9.17, 15) is 0 Å². The second-order valence-corrected chi connectivity index (χ2v) is 7.12. The molecule has 1 atom stereocenters. The molecule has 1 aromatic rings. The number of anilines is 1. The third-order valence-corrected chi connectivity index (χ3v) is 5.57. The second kappa shape index (κ2) is 6.66. The van der Waals surface area contributed by atoms with Crippen LogP contribution in [0.4, 0.5) is 5.82 Å². The predicted molar refractivity (Wildman–Crippen MR) is 82.8 cm³/mol. The van der Waals surface area contributed by atoms with Gasteiger partial charge in [-0.15, -0.1) is 11.8 Å². The highest BCUT2D eigenvalue weighted by molar-refractivity contribution is 8.06. The maximum atomic E-state index is 4.75. The minimum atomic E-state index is 0.449. The Morgan fingerprint density at radius 2 is 2.22 bits per heavy atom. The fraction of sp³-hybridized carbons (Fsp3) is 0.692. The Bertz CT molecular complexity index is 390. The molecule has 100 valence electrons. The van der Waals surface area contributed by atoms with E-state index in [4.69, 9.17) is 4.98 Å². The average molecular weight is 283 g/mol. The van der Waals surface area contributed by atoms with Crippen molar-refractivity contribution in [2.75, 3.05) is 29.1 Å². The van der Waals surface area contributed by atoms with Crippen LogP contribution in [0.2, 0.25) is 0 Å². The molecule has 18 heavy (non-hydrogen) atoms. The molecule has 1 saturated heterocycles. The summed E-state index contributed by atoms with van der Waals surface area (Å²) in [4.78, 5) is 9.43. The molecule has 1 aliphatic heterocycles. The molecule has 1 aliphatic rings. The highest BCUT2D eigenvalue weighted by Crippen LogP contribution is 2.35. The zero-order chi connectivity index (χ0) is 13.0. The largest absolute Gasteiger partial charge is 0.370 e. The third-order valence-electron chi connectivity index (χ3n) is 2.82. The van der Waals surface area contributed by atoms with Gasteiger partial charge in [0.15, 0.2) is 0 Å². The molecule has 0 bridgehead atoms. The lowest BCUT2D eigenvalue weighted by atomic mass is 10.1. The zero-order valence-corrected chi connectivity index (χ0v) is 12.9. The van der Waals surface area contributed by atoms with E-state index < -0.39 is 0 Å². The SMILES string of the molecule is CCNc1cc(C(C)C)nc(C2CSCCS2)n1. The Hall–Kier alpha value is -0.420. The van der Waals surface area contributed by atoms with Crippen LogP contribution in [0, 0.1) is 0 Å². The molecular formula is C13H21N3S2. The van der Waals surface area contributed by atoms with Crippen molar-refractivity contribution in [3.63, 3.8) is 0 Å². The monoisotopic (exact) mass is 283 g/mol. The molecule has 3 nitrogen and oxygen atoms in total. The number of rotatable bonds is 4. The summed E-state index contributed by atoms with van der Waals surface area (Å²) in [6.07, 6.45) is 0. The van der Waals surface area contributed by atoms with E-state index >= 15 is 0 Å². The van der Waals surface area contributed by atoms with Gasteiger partial charge in [-0.05, 0) is 12.8 Å². The minimum Gasteiger partial charge on any atom is -0.370 e. The number of aromatic nitrogens is 2. The first-order valence-corrected chi connectivity index (χ1v) is 8.73. The first-order valence-electron chi connectivity index (χ1n) is 6.52. The molecule has 0 aromatic carbocycles. The van der Waals surface area contributed by atoms with Gasteiger partial charge in [-0.3, -0.25) is 0 Å². The molecule has 5 heteroatoms. The highest BCUT2D eigenvalue weighted by Gasteiger charge is 2.20. The van der Waals surface area contributed by atoms with E-state index in [1.54, 1.807) is 0 Å². The summed E-state index contributed by atoms with van der Waals surface area (Å²) in [5.74, 6) is 6.03. The molecule has 1 aromatic heterocycles. The van der Waals surface area contributed by atoms with Crippen LogP contribution in [0.5, 0.6) is 0 Å². The maximum absolute atomic E-state index is 4.75. The molecule has 0 aliphatic carbocycles. The summed E-state index contributed by atoms with van der Waals surface area (Å²) >= 11 is 4.00. The standard InChI is InChI=1S/C13H21N3S2/c1-4-14-12-7-10(9(2)3)15-13(16-12)11-8-17-5-6-18-11/h7,9,11H,4-6,8H2,1-3H3,(H,14,15,16). The van der Waals surface area contributed by atoms with Crippen molar-refractivity contribution in [2.24, 2.45) is 0 Å². The number of nitrogens with zero attached hydrogens (tertiary/aromatic N) is 2. The van der Waals surface area contributed by atoms with Crippen LogP contribution in [-0.4, -0.2) is 33.8 Å². The number of hydrogen-bond donors (Lipinski definition) is 1. The smallest absolute Gasteiger partial charge is 0.144 e. The van der Waals surface area contributed by atoms with Crippen LogP contribution in [0.1, 0.15) is 43.5 Å². The van der Waals surface area contributed by atoms with Gasteiger partial charge in [0, 0.05) is 35.6 Å². The lowest BCUT2D eigenvalue weighted by molar-refractivity contribution is 0.784. The molecule has 1 unspecified atom stereocenters. The molecule has 0 amide bonds. The van der Waals surface area contributed by atoms with Gasteiger partial charge < -0.3 is 5.32 Å². The van der Waals surface area contributed by atoms with Crippen LogP contribution in [-0.2, 0) is 0 Å². The van der Waals surface area contributed by atoms with E-state index in [0.29, 0.717) is 11.2 Å². The molecule has 1 fully saturated rings. The van der Waals surface area contributed by atoms with Crippen LogP contribution in [0.25, 0.3) is 0 Å². The molecule has 2 rings (SSSR count). The summed E-state index contributed by atoms with van der Waals surface area (Å²) in [7, 11) is 0. The van der Waals surface area contributed by atoms with E-state index in [1.807, 2.05) is 23.5 Å². The Morgan fingerprint density at radius 1 is 1.39 bits per heavy atom. The highest BCUT2D eigenvalue weighted by atomic mass is 32.2. The van der Waals surface area contributed by atoms with E-state index in [1.165, 1.54) is 11.5 Å². The van der Waals surface area contributed by atoms with Crippen LogP contribution in [0.15, 0.2) is 6.07 Å². The zero-order valence-electron chi connectivity index (χ0n) is 11.3. The van der Waals surface area contributed by atoms with Crippen molar-refractivity contribution in [1.82, 2.24) is 9.97 Å². The quantitative estimate of drug-likeness (QED) is 0.914. The van der Waals surface area contributed by atoms with E-state index in [0.717, 1.165) is 29.6 Å². The molecule has 2 heterocycles. The van der Waals surface area contributed by atoms with Gasteiger partial charge in [0.2, 0.25) is 0 Å². The van der Waals surface area contributed by atoms with Crippen molar-refractivity contribution in [1.29, 1.82) is 0 Å². The van der Waals surface area contributed by atoms with Crippen molar-refractivity contribution >= 4 is 29.3 Å². The predicted octanol–water partition coefficient (Wildman–Crippen LogP) is 3.55. The Kier molecular flexibility index (Phi) is 5.18. The number of hydrogen-bond acceptors (Lipinski definition) is 5. The van der Waals surface area contributed by atoms with Gasteiger partial charge in [0.05, 0.1) is 5.25 Å². The summed E-state index contributed by atoms with van der Waals surface area (Å²) in [6, 6.07) is 2.08. The summed E-state index contributed by atoms with van der Waals surface area (Å²) in [6.45, 7) is 7.37. The van der Waals surface area contributed by atoms with E-state index in [2.05, 4.69) is 37.1 Å². The molecule has 0 spiro atoms. The van der Waals surface area contributed by atoms with Gasteiger partial charge in [0.25, 0.3) is 0 Å². The third kappa shape index (κ3) is 3.54. The topological polar surface area (TPSA) is 37.8 Å². The normalized spacial score (nSPS) is 20.1. The fourth-order valence-corrected chi connectivity index (χ4v) is 4.43. The molecule has 0 saturated carbocycles. The summed E-state index contributed by atoms with van der Waals surface area (Å²) in [5, 5.41) is 3.77. The van der Waals surface area contributed by atoms with Crippen LogP contribution < -0.4 is 5.32 Å². The fourth-order valence-electron chi connectivity index (χ4n) is 1.83. The van der Waals surface area contributed by atoms with Crippen LogP contribution in [0.3, 0.4) is 0 Å². The number of thioether (sulfide) groups is 2. The van der Waals surface area contributed by atoms with Gasteiger partial charge in [-0.2, -0.15) is 11.8 Å². The van der Waals surface area contributed by atoms with Gasteiger partial charge in [0.1, 0.15) is 11.6 Å². The van der Waals surface area contributed by atoms with Crippen molar-refractivity contribution in [2.45, 2.75) is 31.9 Å². The van der Waals surface area contributed by atoms with Crippen LogP contribution >= 0.6 is 23.5 Å². The average Bonchev–Trinajstić information content (AvgIpc) is 2.40. The molecular weight excluding hydrogens is 262 g/mol. The first-order chi connectivity index (χ1) is 8.70.